The second-order valence-corrected chi connectivity index (χ2v) is 6.03. The van der Waals surface area contributed by atoms with E-state index in [1.807, 2.05) is 11.9 Å². The third-order valence-corrected chi connectivity index (χ3v) is 4.16. The summed E-state index contributed by atoms with van der Waals surface area (Å²) in [7, 11) is 5.42. The first-order valence-corrected chi connectivity index (χ1v) is 7.86. The predicted octanol–water partition coefficient (Wildman–Crippen LogP) is 1.44. The molecule has 0 saturated carbocycles. The molecule has 1 aromatic carbocycles. The Bertz CT molecular complexity index is 545. The maximum Gasteiger partial charge on any atom is 0.253 e. The number of hydrogen-bond acceptors (Lipinski definition) is 4. The number of anilines is 1. The molecule has 6 nitrogen and oxygen atoms in total. The topological polar surface area (TPSA) is 61.9 Å². The van der Waals surface area contributed by atoms with Crippen LogP contribution < -0.4 is 5.32 Å². The Kier molecular flexibility index (Phi) is 6.12. The van der Waals surface area contributed by atoms with E-state index >= 15 is 0 Å². The maximum absolute atomic E-state index is 12.6. The highest BCUT2D eigenvalue weighted by atomic mass is 16.5. The largest absolute Gasteiger partial charge is 0.375 e. The standard InChI is InChI=1S/C17H25N3O3/c1-19-10-4-5-15(11-19)20(2)17(22)13-6-8-14(9-7-13)18-16(21)12-23-3/h6-9,15H,4-5,10-12H2,1-3H3,(H,18,21)/t15-/m1/s1. The fourth-order valence-corrected chi connectivity index (χ4v) is 2.85. The van der Waals surface area contributed by atoms with Gasteiger partial charge >= 0.3 is 0 Å². The average molecular weight is 319 g/mol. The quantitative estimate of drug-likeness (QED) is 0.892. The van der Waals surface area contributed by atoms with Gasteiger partial charge in [-0.25, -0.2) is 0 Å². The number of benzene rings is 1. The smallest absolute Gasteiger partial charge is 0.253 e. The first-order valence-electron chi connectivity index (χ1n) is 7.86. The highest BCUT2D eigenvalue weighted by Crippen LogP contribution is 2.17. The van der Waals surface area contributed by atoms with Crippen LogP contribution in [-0.4, -0.2) is 68.6 Å². The SMILES string of the molecule is COCC(=O)Nc1ccc(C(=O)N(C)[C@@H]2CCCN(C)C2)cc1. The van der Waals surface area contributed by atoms with Gasteiger partial charge in [0, 0.05) is 38.0 Å². The van der Waals surface area contributed by atoms with Crippen molar-refractivity contribution in [3.05, 3.63) is 29.8 Å². The number of methoxy groups -OCH3 is 1. The number of likely N-dealkylation sites (N-methyl/N-ethyl adjacent to an activating group) is 2. The molecule has 1 fully saturated rings. The minimum absolute atomic E-state index is 0.0125. The van der Waals surface area contributed by atoms with Gasteiger partial charge in [0.15, 0.2) is 0 Å². The molecule has 0 aliphatic carbocycles. The van der Waals surface area contributed by atoms with E-state index in [0.717, 1.165) is 25.9 Å². The van der Waals surface area contributed by atoms with Crippen LogP contribution >= 0.6 is 0 Å². The van der Waals surface area contributed by atoms with Gasteiger partial charge in [-0.1, -0.05) is 0 Å². The summed E-state index contributed by atoms with van der Waals surface area (Å²) in [6, 6.07) is 7.22. The highest BCUT2D eigenvalue weighted by Gasteiger charge is 2.25. The molecule has 0 spiro atoms. The van der Waals surface area contributed by atoms with Gasteiger partial charge < -0.3 is 19.9 Å². The minimum atomic E-state index is -0.214. The van der Waals surface area contributed by atoms with Gasteiger partial charge in [-0.3, -0.25) is 9.59 Å². The van der Waals surface area contributed by atoms with Gasteiger partial charge in [0.05, 0.1) is 0 Å². The van der Waals surface area contributed by atoms with Crippen LogP contribution in [0.3, 0.4) is 0 Å². The number of hydrogen-bond donors (Lipinski definition) is 1. The lowest BCUT2D eigenvalue weighted by Gasteiger charge is -2.35. The molecule has 1 atom stereocenters. The molecule has 0 bridgehead atoms. The summed E-state index contributed by atoms with van der Waals surface area (Å²) in [6.07, 6.45) is 2.15. The lowest BCUT2D eigenvalue weighted by molar-refractivity contribution is -0.119. The summed E-state index contributed by atoms with van der Waals surface area (Å²) in [6.45, 7) is 2.01. The van der Waals surface area contributed by atoms with Crippen LogP contribution in [0.1, 0.15) is 23.2 Å². The molecule has 1 aromatic rings. The van der Waals surface area contributed by atoms with E-state index in [9.17, 15) is 9.59 Å². The van der Waals surface area contributed by atoms with Crippen LogP contribution in [0.25, 0.3) is 0 Å². The molecule has 6 heteroatoms. The number of piperidine rings is 1. The summed E-state index contributed by atoms with van der Waals surface area (Å²) in [4.78, 5) is 28.1. The van der Waals surface area contributed by atoms with E-state index < -0.39 is 0 Å². The number of nitrogens with zero attached hydrogens (tertiary/aromatic N) is 2. The fourth-order valence-electron chi connectivity index (χ4n) is 2.85. The first kappa shape index (κ1) is 17.4. The van der Waals surface area contributed by atoms with Crippen molar-refractivity contribution < 1.29 is 14.3 Å². The number of likely N-dealkylation sites (tertiary alicyclic amines) is 1. The Morgan fingerprint density at radius 2 is 2.04 bits per heavy atom. The number of nitrogens with one attached hydrogen (secondary N) is 1. The Balaban J connectivity index is 1.97. The van der Waals surface area contributed by atoms with Gasteiger partial charge in [-0.2, -0.15) is 0 Å². The predicted molar refractivity (Wildman–Crippen MR) is 89.6 cm³/mol. The second-order valence-electron chi connectivity index (χ2n) is 6.03. The fraction of sp³-hybridized carbons (Fsp3) is 0.529. The van der Waals surface area contributed by atoms with Gasteiger partial charge in [-0.15, -0.1) is 0 Å². The van der Waals surface area contributed by atoms with Crippen LogP contribution in [0, 0.1) is 0 Å². The van der Waals surface area contributed by atoms with Crippen molar-refractivity contribution in [1.82, 2.24) is 9.80 Å². The Morgan fingerprint density at radius 1 is 1.35 bits per heavy atom. The molecular formula is C17H25N3O3. The van der Waals surface area contributed by atoms with Crippen LogP contribution in [0.5, 0.6) is 0 Å². The molecule has 0 unspecified atom stereocenters. The molecule has 1 N–H and O–H groups in total. The monoisotopic (exact) mass is 319 g/mol. The Morgan fingerprint density at radius 3 is 2.65 bits per heavy atom. The summed E-state index contributed by atoms with van der Waals surface area (Å²) >= 11 is 0. The van der Waals surface area contributed by atoms with Crippen molar-refractivity contribution in [3.63, 3.8) is 0 Å². The average Bonchev–Trinajstić information content (AvgIpc) is 2.54. The van der Waals surface area contributed by atoms with Crippen molar-refractivity contribution in [2.75, 3.05) is 46.2 Å². The van der Waals surface area contributed by atoms with Gasteiger partial charge in [0.2, 0.25) is 5.91 Å². The zero-order valence-electron chi connectivity index (χ0n) is 14.0. The molecule has 23 heavy (non-hydrogen) atoms. The van der Waals surface area contributed by atoms with Crippen molar-refractivity contribution in [3.8, 4) is 0 Å². The molecule has 1 saturated heterocycles. The van der Waals surface area contributed by atoms with Crippen LogP contribution in [0.4, 0.5) is 5.69 Å². The Labute approximate surface area is 137 Å². The normalized spacial score (nSPS) is 18.5. The van der Waals surface area contributed by atoms with Crippen molar-refractivity contribution >= 4 is 17.5 Å². The summed E-state index contributed by atoms with van der Waals surface area (Å²) in [5.41, 5.74) is 1.29. The molecule has 2 rings (SSSR count). The third kappa shape index (κ3) is 4.77. The second kappa shape index (κ2) is 8.08. The molecular weight excluding hydrogens is 294 g/mol. The van der Waals surface area contributed by atoms with E-state index in [2.05, 4.69) is 17.3 Å². The zero-order chi connectivity index (χ0) is 16.8. The molecule has 0 aromatic heterocycles. The minimum Gasteiger partial charge on any atom is -0.375 e. The van der Waals surface area contributed by atoms with Crippen LogP contribution in [0.15, 0.2) is 24.3 Å². The number of ether oxygens (including phenoxy) is 1. The third-order valence-electron chi connectivity index (χ3n) is 4.16. The molecule has 1 aliphatic rings. The number of carbonyl (C=O) groups is 2. The summed E-state index contributed by atoms with van der Waals surface area (Å²) in [5.74, 6) is -0.200. The first-order chi connectivity index (χ1) is 11.0. The van der Waals surface area contributed by atoms with Crippen molar-refractivity contribution in [2.45, 2.75) is 18.9 Å². The van der Waals surface area contributed by atoms with Crippen LogP contribution in [-0.2, 0) is 9.53 Å². The van der Waals surface area contributed by atoms with E-state index in [0.29, 0.717) is 11.3 Å². The maximum atomic E-state index is 12.6. The number of rotatable bonds is 5. The molecule has 1 aliphatic heterocycles. The molecule has 126 valence electrons. The molecule has 2 amide bonds. The van der Waals surface area contributed by atoms with Crippen LogP contribution in [0.2, 0.25) is 0 Å². The lowest BCUT2D eigenvalue weighted by atomic mass is 10.0. The summed E-state index contributed by atoms with van der Waals surface area (Å²) in [5, 5.41) is 2.71. The van der Waals surface area contributed by atoms with Gasteiger partial charge in [0.1, 0.15) is 6.61 Å². The molecule has 0 radical (unpaired) electrons. The highest BCUT2D eigenvalue weighted by molar-refractivity contribution is 5.96. The van der Waals surface area contributed by atoms with E-state index in [1.165, 1.54) is 7.11 Å². The van der Waals surface area contributed by atoms with Crippen molar-refractivity contribution in [2.24, 2.45) is 0 Å². The van der Waals surface area contributed by atoms with Gasteiger partial charge in [-0.05, 0) is 50.7 Å². The summed E-state index contributed by atoms with van der Waals surface area (Å²) < 4.78 is 4.77. The zero-order valence-corrected chi connectivity index (χ0v) is 14.0. The van der Waals surface area contributed by atoms with E-state index in [4.69, 9.17) is 4.74 Å². The number of amides is 2. The van der Waals surface area contributed by atoms with Crippen molar-refractivity contribution in [1.29, 1.82) is 0 Å². The lowest BCUT2D eigenvalue weighted by Crippen LogP contribution is -2.47. The van der Waals surface area contributed by atoms with E-state index in [1.54, 1.807) is 24.3 Å². The van der Waals surface area contributed by atoms with Gasteiger partial charge in [0.25, 0.3) is 5.91 Å². The molecule has 1 heterocycles. The Hall–Kier alpha value is -1.92. The number of carbonyl (C=O) groups excluding carboxylic acids is 2. The van der Waals surface area contributed by atoms with E-state index in [-0.39, 0.29) is 24.5 Å².